The molecule has 0 aliphatic rings. The van der Waals surface area contributed by atoms with E-state index in [9.17, 15) is 0 Å². The van der Waals surface area contributed by atoms with Crippen LogP contribution in [0.1, 0.15) is 20.3 Å². The van der Waals surface area contributed by atoms with E-state index in [0.29, 0.717) is 24.8 Å². The maximum atomic E-state index is 7.27. The van der Waals surface area contributed by atoms with Crippen molar-refractivity contribution < 1.29 is 0 Å². The molecule has 94 valence electrons. The molecule has 0 saturated carbocycles. The third kappa shape index (κ3) is 5.12. The Bertz CT molecular complexity index is 363. The summed E-state index contributed by atoms with van der Waals surface area (Å²) in [5, 5.41) is 7.27. The maximum Gasteiger partial charge on any atom is 0.225 e. The van der Waals surface area contributed by atoms with Crippen molar-refractivity contribution in [1.82, 2.24) is 9.97 Å². The number of aromatic nitrogens is 2. The molecule has 0 spiro atoms. The molecule has 0 aromatic carbocycles. The molecule has 1 heterocycles. The highest BCUT2D eigenvalue weighted by atomic mass is 79.9. The van der Waals surface area contributed by atoms with Crippen LogP contribution in [0, 0.1) is 11.3 Å². The first-order chi connectivity index (χ1) is 7.99. The van der Waals surface area contributed by atoms with Crippen molar-refractivity contribution in [2.45, 2.75) is 20.3 Å². The number of nitrogens with one attached hydrogen (secondary N) is 1. The summed E-state index contributed by atoms with van der Waals surface area (Å²) in [5.74, 6) is 1.38. The summed E-state index contributed by atoms with van der Waals surface area (Å²) in [6.45, 7) is 5.81. The van der Waals surface area contributed by atoms with Crippen molar-refractivity contribution in [3.05, 3.63) is 16.9 Å². The van der Waals surface area contributed by atoms with E-state index in [1.807, 2.05) is 0 Å². The molecule has 0 atom stereocenters. The van der Waals surface area contributed by atoms with Gasteiger partial charge >= 0.3 is 0 Å². The Hall–Kier alpha value is -1.17. The van der Waals surface area contributed by atoms with Crippen LogP contribution >= 0.6 is 15.9 Å². The van der Waals surface area contributed by atoms with Crippen molar-refractivity contribution in [3.8, 4) is 0 Å². The number of nitrogens with two attached hydrogens (primary N) is 1. The first-order valence-corrected chi connectivity index (χ1v) is 6.33. The zero-order valence-electron chi connectivity index (χ0n) is 10.2. The molecule has 0 aliphatic heterocycles. The summed E-state index contributed by atoms with van der Waals surface area (Å²) >= 11 is 3.31. The van der Waals surface area contributed by atoms with Crippen LogP contribution in [0.25, 0.3) is 0 Å². The summed E-state index contributed by atoms with van der Waals surface area (Å²) in [7, 11) is 0. The maximum absolute atomic E-state index is 7.27. The second kappa shape index (κ2) is 6.54. The Labute approximate surface area is 110 Å². The first-order valence-electron chi connectivity index (χ1n) is 5.54. The van der Waals surface area contributed by atoms with Crippen molar-refractivity contribution in [2.75, 3.05) is 18.0 Å². The Balaban J connectivity index is 2.74. The zero-order valence-corrected chi connectivity index (χ0v) is 11.7. The lowest BCUT2D eigenvalue weighted by molar-refractivity contribution is 0.603. The van der Waals surface area contributed by atoms with Gasteiger partial charge in [-0.25, -0.2) is 9.97 Å². The fourth-order valence-electron chi connectivity index (χ4n) is 1.44. The van der Waals surface area contributed by atoms with E-state index < -0.39 is 0 Å². The standard InChI is InChI=1S/C11H18BrN5/c1-8(2)7-17(4-3-10(13)14)11-15-5-9(12)6-16-11/h5-6,8H,3-4,7H2,1-2H3,(H3,13,14). The number of hydrogen-bond donors (Lipinski definition) is 2. The van der Waals surface area contributed by atoms with Crippen molar-refractivity contribution in [1.29, 1.82) is 5.41 Å². The second-order valence-corrected chi connectivity index (χ2v) is 5.23. The van der Waals surface area contributed by atoms with E-state index in [0.717, 1.165) is 11.0 Å². The van der Waals surface area contributed by atoms with Crippen LogP contribution in [0.3, 0.4) is 0 Å². The van der Waals surface area contributed by atoms with Gasteiger partial charge in [-0.3, -0.25) is 5.41 Å². The highest BCUT2D eigenvalue weighted by molar-refractivity contribution is 9.10. The minimum atomic E-state index is 0.191. The van der Waals surface area contributed by atoms with Crippen molar-refractivity contribution in [3.63, 3.8) is 0 Å². The summed E-state index contributed by atoms with van der Waals surface area (Å²) in [4.78, 5) is 10.6. The lowest BCUT2D eigenvalue weighted by Crippen LogP contribution is -2.32. The van der Waals surface area contributed by atoms with E-state index in [-0.39, 0.29) is 5.84 Å². The fraction of sp³-hybridized carbons (Fsp3) is 0.545. The monoisotopic (exact) mass is 299 g/mol. The van der Waals surface area contributed by atoms with Gasteiger partial charge in [0.15, 0.2) is 0 Å². The molecule has 1 aromatic heterocycles. The SMILES string of the molecule is CC(C)CN(CCC(=N)N)c1ncc(Br)cn1. The van der Waals surface area contributed by atoms with Gasteiger partial charge in [0.2, 0.25) is 5.95 Å². The van der Waals surface area contributed by atoms with Crippen LogP contribution in [-0.4, -0.2) is 28.9 Å². The van der Waals surface area contributed by atoms with E-state index in [1.165, 1.54) is 0 Å². The molecule has 1 rings (SSSR count). The van der Waals surface area contributed by atoms with E-state index in [1.54, 1.807) is 12.4 Å². The summed E-state index contributed by atoms with van der Waals surface area (Å²) in [6, 6.07) is 0. The molecule has 0 unspecified atom stereocenters. The number of amidine groups is 1. The lowest BCUT2D eigenvalue weighted by atomic mass is 10.2. The van der Waals surface area contributed by atoms with Gasteiger partial charge in [0.05, 0.1) is 10.3 Å². The van der Waals surface area contributed by atoms with Gasteiger partial charge in [-0.1, -0.05) is 13.8 Å². The smallest absolute Gasteiger partial charge is 0.225 e. The largest absolute Gasteiger partial charge is 0.388 e. The van der Waals surface area contributed by atoms with E-state index in [4.69, 9.17) is 11.1 Å². The van der Waals surface area contributed by atoms with Crippen molar-refractivity contribution >= 4 is 27.7 Å². The van der Waals surface area contributed by atoms with Crippen LogP contribution in [0.2, 0.25) is 0 Å². The van der Waals surface area contributed by atoms with Gasteiger partial charge in [0.25, 0.3) is 0 Å². The molecular weight excluding hydrogens is 282 g/mol. The third-order valence-corrected chi connectivity index (χ3v) is 2.54. The Morgan fingerprint density at radius 1 is 1.47 bits per heavy atom. The number of halogens is 1. The van der Waals surface area contributed by atoms with Crippen LogP contribution in [0.4, 0.5) is 5.95 Å². The number of anilines is 1. The minimum absolute atomic E-state index is 0.191. The molecule has 0 amide bonds. The van der Waals surface area contributed by atoms with E-state index in [2.05, 4.69) is 44.6 Å². The summed E-state index contributed by atoms with van der Waals surface area (Å²) in [6.07, 6.45) is 3.99. The second-order valence-electron chi connectivity index (χ2n) is 4.32. The van der Waals surface area contributed by atoms with Gasteiger partial charge in [-0.15, -0.1) is 0 Å². The minimum Gasteiger partial charge on any atom is -0.388 e. The normalized spacial score (nSPS) is 10.6. The molecule has 0 bridgehead atoms. The highest BCUT2D eigenvalue weighted by Crippen LogP contribution is 2.13. The van der Waals surface area contributed by atoms with E-state index >= 15 is 0 Å². The average molecular weight is 300 g/mol. The molecule has 5 nitrogen and oxygen atoms in total. The topological polar surface area (TPSA) is 78.9 Å². The molecule has 0 saturated heterocycles. The molecular formula is C11H18BrN5. The fourth-order valence-corrected chi connectivity index (χ4v) is 1.64. The molecule has 17 heavy (non-hydrogen) atoms. The zero-order chi connectivity index (χ0) is 12.8. The lowest BCUT2D eigenvalue weighted by Gasteiger charge is -2.24. The molecule has 6 heteroatoms. The molecule has 1 aromatic rings. The highest BCUT2D eigenvalue weighted by Gasteiger charge is 2.11. The first kappa shape index (κ1) is 13.9. The number of hydrogen-bond acceptors (Lipinski definition) is 4. The quantitative estimate of drug-likeness (QED) is 0.622. The Morgan fingerprint density at radius 2 is 2.06 bits per heavy atom. The van der Waals surface area contributed by atoms with Crippen LogP contribution in [0.5, 0.6) is 0 Å². The summed E-state index contributed by atoms with van der Waals surface area (Å²) < 4.78 is 0.859. The van der Waals surface area contributed by atoms with Gasteiger partial charge in [0.1, 0.15) is 0 Å². The molecule has 3 N–H and O–H groups in total. The van der Waals surface area contributed by atoms with Crippen LogP contribution in [-0.2, 0) is 0 Å². The molecule has 0 radical (unpaired) electrons. The predicted octanol–water partition coefficient (Wildman–Crippen LogP) is 2.03. The molecule has 0 aliphatic carbocycles. The van der Waals surface area contributed by atoms with Gasteiger partial charge in [-0.05, 0) is 21.8 Å². The predicted molar refractivity (Wildman–Crippen MR) is 73.3 cm³/mol. The van der Waals surface area contributed by atoms with Crippen LogP contribution in [0.15, 0.2) is 16.9 Å². The summed E-state index contributed by atoms with van der Waals surface area (Å²) in [5.41, 5.74) is 5.38. The Morgan fingerprint density at radius 3 is 2.53 bits per heavy atom. The van der Waals surface area contributed by atoms with Crippen molar-refractivity contribution in [2.24, 2.45) is 11.7 Å². The number of rotatable bonds is 6. The Kier molecular flexibility index (Phi) is 5.34. The van der Waals surface area contributed by atoms with Crippen LogP contribution < -0.4 is 10.6 Å². The van der Waals surface area contributed by atoms with Gasteiger partial charge in [0, 0.05) is 31.9 Å². The van der Waals surface area contributed by atoms with Gasteiger partial charge in [-0.2, -0.15) is 0 Å². The molecule has 0 fully saturated rings. The third-order valence-electron chi connectivity index (χ3n) is 2.13. The van der Waals surface area contributed by atoms with Gasteiger partial charge < -0.3 is 10.6 Å². The number of nitrogens with zero attached hydrogens (tertiary/aromatic N) is 3. The average Bonchev–Trinajstić information content (AvgIpc) is 2.25.